The van der Waals surface area contributed by atoms with E-state index in [2.05, 4.69) is 25.7 Å². The quantitative estimate of drug-likeness (QED) is 0.806. The Morgan fingerprint density at radius 1 is 1.33 bits per heavy atom. The first-order chi connectivity index (χ1) is 10.0. The van der Waals surface area contributed by atoms with Gasteiger partial charge in [-0.05, 0) is 63.8 Å². The maximum Gasteiger partial charge on any atom is 0.254 e. The molecule has 1 saturated heterocycles. The highest BCUT2D eigenvalue weighted by molar-refractivity contribution is 5.95. The van der Waals surface area contributed by atoms with Gasteiger partial charge in [0, 0.05) is 23.2 Å². The van der Waals surface area contributed by atoms with Crippen LogP contribution in [0.1, 0.15) is 54.6 Å². The normalized spacial score (nSPS) is 21.6. The van der Waals surface area contributed by atoms with E-state index in [0.29, 0.717) is 12.1 Å². The highest BCUT2D eigenvalue weighted by Crippen LogP contribution is 2.25. The summed E-state index contributed by atoms with van der Waals surface area (Å²) in [5.74, 6) is 5.65. The van der Waals surface area contributed by atoms with E-state index in [1.165, 1.54) is 6.42 Å². The third-order valence-electron chi connectivity index (χ3n) is 4.20. The van der Waals surface area contributed by atoms with Crippen LogP contribution in [0.25, 0.3) is 0 Å². The third-order valence-corrected chi connectivity index (χ3v) is 4.20. The molecule has 3 heteroatoms. The van der Waals surface area contributed by atoms with Gasteiger partial charge in [0.05, 0.1) is 0 Å². The van der Waals surface area contributed by atoms with Crippen molar-refractivity contribution in [1.29, 1.82) is 0 Å². The van der Waals surface area contributed by atoms with Gasteiger partial charge in [0.2, 0.25) is 0 Å². The molecule has 1 heterocycles. The van der Waals surface area contributed by atoms with E-state index in [9.17, 15) is 4.79 Å². The number of nitrogens with zero attached hydrogens (tertiary/aromatic N) is 1. The van der Waals surface area contributed by atoms with E-state index in [0.717, 1.165) is 29.5 Å². The Morgan fingerprint density at radius 3 is 2.57 bits per heavy atom. The van der Waals surface area contributed by atoms with E-state index < -0.39 is 0 Å². The molecular formula is C18H23NO2. The number of carbonyl (C=O) groups excluding carboxylic acids is 1. The lowest BCUT2D eigenvalue weighted by molar-refractivity contribution is 0.0510. The number of carbonyl (C=O) groups is 1. The molecule has 0 bridgehead atoms. The van der Waals surface area contributed by atoms with Crippen LogP contribution in [0.4, 0.5) is 0 Å². The van der Waals surface area contributed by atoms with Gasteiger partial charge in [0.1, 0.15) is 6.61 Å². The topological polar surface area (TPSA) is 40.5 Å². The molecule has 0 aromatic heterocycles. The van der Waals surface area contributed by atoms with Crippen molar-refractivity contribution in [2.24, 2.45) is 0 Å². The molecule has 1 aliphatic heterocycles. The number of aliphatic hydroxyl groups is 1. The van der Waals surface area contributed by atoms with Gasteiger partial charge in [-0.3, -0.25) is 4.79 Å². The second kappa shape index (κ2) is 6.78. The molecule has 1 aromatic carbocycles. The maximum atomic E-state index is 12.7. The minimum absolute atomic E-state index is 0.111. The first-order valence-corrected chi connectivity index (χ1v) is 7.57. The van der Waals surface area contributed by atoms with Crippen LogP contribution < -0.4 is 0 Å². The molecule has 1 aliphatic rings. The van der Waals surface area contributed by atoms with Crippen LogP contribution in [-0.4, -0.2) is 34.6 Å². The number of amides is 1. The monoisotopic (exact) mass is 285 g/mol. The van der Waals surface area contributed by atoms with E-state index in [1.807, 2.05) is 30.0 Å². The minimum atomic E-state index is -0.150. The lowest BCUT2D eigenvalue weighted by atomic mass is 9.95. The van der Waals surface area contributed by atoms with Gasteiger partial charge in [-0.25, -0.2) is 0 Å². The van der Waals surface area contributed by atoms with E-state index in [-0.39, 0.29) is 12.5 Å². The Hall–Kier alpha value is -1.79. The molecule has 112 valence electrons. The van der Waals surface area contributed by atoms with Crippen molar-refractivity contribution in [2.45, 2.75) is 52.1 Å². The van der Waals surface area contributed by atoms with Gasteiger partial charge in [-0.15, -0.1) is 0 Å². The van der Waals surface area contributed by atoms with Gasteiger partial charge in [0.15, 0.2) is 0 Å². The fourth-order valence-corrected chi connectivity index (χ4v) is 3.04. The van der Waals surface area contributed by atoms with Crippen molar-refractivity contribution in [3.05, 3.63) is 34.9 Å². The molecular weight excluding hydrogens is 262 g/mol. The lowest BCUT2D eigenvalue weighted by Crippen LogP contribution is -2.47. The number of piperidine rings is 1. The third kappa shape index (κ3) is 3.46. The average molecular weight is 285 g/mol. The van der Waals surface area contributed by atoms with Crippen LogP contribution in [0.3, 0.4) is 0 Å². The summed E-state index contributed by atoms with van der Waals surface area (Å²) < 4.78 is 0. The zero-order valence-corrected chi connectivity index (χ0v) is 13.0. The van der Waals surface area contributed by atoms with Crippen molar-refractivity contribution in [2.75, 3.05) is 6.61 Å². The maximum absolute atomic E-state index is 12.7. The van der Waals surface area contributed by atoms with E-state index in [4.69, 9.17) is 5.11 Å². The van der Waals surface area contributed by atoms with Gasteiger partial charge in [-0.2, -0.15) is 0 Å². The van der Waals surface area contributed by atoms with Gasteiger partial charge in [-0.1, -0.05) is 11.8 Å². The van der Waals surface area contributed by atoms with Crippen molar-refractivity contribution < 1.29 is 9.90 Å². The fraction of sp³-hybridized carbons (Fsp3) is 0.500. The molecule has 21 heavy (non-hydrogen) atoms. The van der Waals surface area contributed by atoms with Crippen LogP contribution >= 0.6 is 0 Å². The highest BCUT2D eigenvalue weighted by Gasteiger charge is 2.29. The summed E-state index contributed by atoms with van der Waals surface area (Å²) >= 11 is 0. The van der Waals surface area contributed by atoms with Crippen LogP contribution in [0.15, 0.2) is 18.2 Å². The molecule has 0 spiro atoms. The van der Waals surface area contributed by atoms with Crippen molar-refractivity contribution in [3.8, 4) is 11.8 Å². The predicted octanol–water partition coefficient (Wildman–Crippen LogP) is 2.74. The molecule has 3 nitrogen and oxygen atoms in total. The molecule has 0 saturated carbocycles. The summed E-state index contributed by atoms with van der Waals surface area (Å²) in [6.07, 6.45) is 3.35. The molecule has 1 fully saturated rings. The molecule has 2 atom stereocenters. The number of hydrogen-bond donors (Lipinski definition) is 1. The molecule has 2 unspecified atom stereocenters. The molecule has 0 radical (unpaired) electrons. The summed E-state index contributed by atoms with van der Waals surface area (Å²) in [5, 5.41) is 8.76. The predicted molar refractivity (Wildman–Crippen MR) is 84.1 cm³/mol. The Bertz CT molecular complexity index is 573. The molecule has 1 aromatic rings. The molecule has 0 aliphatic carbocycles. The second-order valence-electron chi connectivity index (χ2n) is 5.83. The van der Waals surface area contributed by atoms with Crippen LogP contribution in [0.2, 0.25) is 0 Å². The van der Waals surface area contributed by atoms with Crippen LogP contribution in [0, 0.1) is 18.8 Å². The van der Waals surface area contributed by atoms with Gasteiger partial charge in [0.25, 0.3) is 5.91 Å². The fourth-order valence-electron chi connectivity index (χ4n) is 3.04. The van der Waals surface area contributed by atoms with Crippen molar-refractivity contribution in [3.63, 3.8) is 0 Å². The number of aliphatic hydroxyl groups excluding tert-OH is 1. The Kier molecular flexibility index (Phi) is 5.03. The minimum Gasteiger partial charge on any atom is -0.384 e. The van der Waals surface area contributed by atoms with E-state index in [1.54, 1.807) is 0 Å². The zero-order chi connectivity index (χ0) is 15.4. The average Bonchev–Trinajstić information content (AvgIpc) is 2.45. The first kappa shape index (κ1) is 15.6. The number of aryl methyl sites for hydroxylation is 1. The van der Waals surface area contributed by atoms with Crippen molar-refractivity contribution in [1.82, 2.24) is 4.90 Å². The van der Waals surface area contributed by atoms with Crippen molar-refractivity contribution >= 4 is 5.91 Å². The number of rotatable bonds is 1. The van der Waals surface area contributed by atoms with Crippen LogP contribution in [-0.2, 0) is 0 Å². The lowest BCUT2D eigenvalue weighted by Gasteiger charge is -2.39. The summed E-state index contributed by atoms with van der Waals surface area (Å²) in [6, 6.07) is 6.21. The smallest absolute Gasteiger partial charge is 0.254 e. The van der Waals surface area contributed by atoms with Crippen LogP contribution in [0.5, 0.6) is 0 Å². The summed E-state index contributed by atoms with van der Waals surface area (Å²) in [4.78, 5) is 14.8. The molecule has 1 amide bonds. The Morgan fingerprint density at radius 2 is 2.00 bits per heavy atom. The SMILES string of the molecule is Cc1cc(C(=O)N2C(C)CCCC2C)ccc1C#CCO. The van der Waals surface area contributed by atoms with E-state index >= 15 is 0 Å². The number of benzene rings is 1. The summed E-state index contributed by atoms with van der Waals surface area (Å²) in [6.45, 7) is 6.05. The standard InChI is InChI=1S/C18H23NO2/c1-13-12-17(10-9-16(13)8-5-11-20)18(21)19-14(2)6-4-7-15(19)3/h9-10,12,14-15,20H,4,6-7,11H2,1-3H3. The molecule has 2 rings (SSSR count). The first-order valence-electron chi connectivity index (χ1n) is 7.57. The largest absolute Gasteiger partial charge is 0.384 e. The molecule has 1 N–H and O–H groups in total. The number of hydrogen-bond acceptors (Lipinski definition) is 2. The van der Waals surface area contributed by atoms with Gasteiger partial charge < -0.3 is 10.0 Å². The summed E-state index contributed by atoms with van der Waals surface area (Å²) in [7, 11) is 0. The Balaban J connectivity index is 2.25. The Labute approximate surface area is 127 Å². The number of likely N-dealkylation sites (tertiary alicyclic amines) is 1. The summed E-state index contributed by atoms with van der Waals surface area (Å²) in [5.41, 5.74) is 2.56. The highest BCUT2D eigenvalue weighted by atomic mass is 16.2. The second-order valence-corrected chi connectivity index (χ2v) is 5.83. The zero-order valence-electron chi connectivity index (χ0n) is 13.0. The van der Waals surface area contributed by atoms with Gasteiger partial charge >= 0.3 is 0 Å².